The molecule has 1 unspecified atom stereocenters. The molecule has 2 nitrogen and oxygen atoms in total. The zero-order valence-electron chi connectivity index (χ0n) is 12.3. The monoisotopic (exact) mass is 259 g/mol. The highest BCUT2D eigenvalue weighted by molar-refractivity contribution is 5.43. The molecular formula is C17H25NO. The summed E-state index contributed by atoms with van der Waals surface area (Å²) in [7, 11) is 1.76. The fraction of sp³-hybridized carbons (Fsp3) is 0.529. The van der Waals surface area contributed by atoms with Crippen LogP contribution in [0.2, 0.25) is 0 Å². The number of ether oxygens (including phenoxy) is 1. The van der Waals surface area contributed by atoms with Gasteiger partial charge in [0.25, 0.3) is 0 Å². The molecule has 0 bridgehead atoms. The standard InChI is InChI=1S/C17H25NO/c1-4-11-18-17(14-7-5-6-8-14)15-12-13(2)9-10-16(15)19-3/h7,9-10,12,17-18H,4-6,8,11H2,1-3H3. The highest BCUT2D eigenvalue weighted by atomic mass is 16.5. The molecule has 0 amide bonds. The Kier molecular flexibility index (Phi) is 5.03. The number of rotatable bonds is 6. The highest BCUT2D eigenvalue weighted by Crippen LogP contribution is 2.35. The molecule has 19 heavy (non-hydrogen) atoms. The van der Waals surface area contributed by atoms with Crippen LogP contribution in [0.4, 0.5) is 0 Å². The van der Waals surface area contributed by atoms with Crippen molar-refractivity contribution in [2.75, 3.05) is 13.7 Å². The molecule has 1 aromatic rings. The normalized spacial score (nSPS) is 16.3. The molecular weight excluding hydrogens is 234 g/mol. The lowest BCUT2D eigenvalue weighted by Gasteiger charge is -2.23. The van der Waals surface area contributed by atoms with Crippen LogP contribution in [0.25, 0.3) is 0 Å². The summed E-state index contributed by atoms with van der Waals surface area (Å²) in [5.41, 5.74) is 4.10. The van der Waals surface area contributed by atoms with Crippen LogP contribution in [0, 0.1) is 6.92 Å². The van der Waals surface area contributed by atoms with E-state index in [1.54, 1.807) is 7.11 Å². The van der Waals surface area contributed by atoms with Crippen LogP contribution < -0.4 is 10.1 Å². The summed E-state index contributed by atoms with van der Waals surface area (Å²) >= 11 is 0. The van der Waals surface area contributed by atoms with Gasteiger partial charge in [0, 0.05) is 5.56 Å². The van der Waals surface area contributed by atoms with E-state index in [9.17, 15) is 0 Å². The first-order valence-corrected chi connectivity index (χ1v) is 7.33. The minimum atomic E-state index is 0.317. The third-order valence-corrected chi connectivity index (χ3v) is 3.74. The van der Waals surface area contributed by atoms with Gasteiger partial charge in [0.15, 0.2) is 0 Å². The zero-order valence-corrected chi connectivity index (χ0v) is 12.3. The van der Waals surface area contributed by atoms with Crippen LogP contribution in [0.3, 0.4) is 0 Å². The molecule has 0 spiro atoms. The molecule has 0 fully saturated rings. The highest BCUT2D eigenvalue weighted by Gasteiger charge is 2.21. The van der Waals surface area contributed by atoms with Crippen LogP contribution in [0.5, 0.6) is 5.75 Å². The van der Waals surface area contributed by atoms with E-state index in [1.807, 2.05) is 0 Å². The molecule has 1 aliphatic carbocycles. The second-order valence-corrected chi connectivity index (χ2v) is 5.30. The Morgan fingerprint density at radius 3 is 2.84 bits per heavy atom. The molecule has 1 aliphatic rings. The first-order valence-electron chi connectivity index (χ1n) is 7.33. The minimum absolute atomic E-state index is 0.317. The molecule has 0 saturated carbocycles. The minimum Gasteiger partial charge on any atom is -0.496 e. The third-order valence-electron chi connectivity index (χ3n) is 3.74. The van der Waals surface area contributed by atoms with Crippen molar-refractivity contribution in [1.29, 1.82) is 0 Å². The van der Waals surface area contributed by atoms with E-state index in [0.717, 1.165) is 18.7 Å². The zero-order chi connectivity index (χ0) is 13.7. The van der Waals surface area contributed by atoms with Crippen molar-refractivity contribution in [3.63, 3.8) is 0 Å². The van der Waals surface area contributed by atoms with Gasteiger partial charge in [0.2, 0.25) is 0 Å². The van der Waals surface area contributed by atoms with Crippen LogP contribution in [0.1, 0.15) is 49.8 Å². The van der Waals surface area contributed by atoms with Crippen LogP contribution in [0.15, 0.2) is 29.8 Å². The van der Waals surface area contributed by atoms with Crippen LogP contribution in [-0.4, -0.2) is 13.7 Å². The fourth-order valence-corrected chi connectivity index (χ4v) is 2.77. The van der Waals surface area contributed by atoms with Crippen molar-refractivity contribution in [1.82, 2.24) is 5.32 Å². The number of methoxy groups -OCH3 is 1. The van der Waals surface area contributed by atoms with E-state index < -0.39 is 0 Å². The number of aryl methyl sites for hydroxylation is 1. The van der Waals surface area contributed by atoms with Crippen molar-refractivity contribution in [3.8, 4) is 5.75 Å². The lowest BCUT2D eigenvalue weighted by molar-refractivity contribution is 0.402. The van der Waals surface area contributed by atoms with E-state index in [2.05, 4.69) is 43.4 Å². The molecule has 104 valence electrons. The van der Waals surface area contributed by atoms with Crippen molar-refractivity contribution >= 4 is 0 Å². The average molecular weight is 259 g/mol. The number of hydrogen-bond acceptors (Lipinski definition) is 2. The Balaban J connectivity index is 2.33. The van der Waals surface area contributed by atoms with Crippen molar-refractivity contribution in [2.24, 2.45) is 0 Å². The van der Waals surface area contributed by atoms with Gasteiger partial charge in [-0.1, -0.05) is 36.3 Å². The molecule has 1 N–H and O–H groups in total. The maximum Gasteiger partial charge on any atom is 0.123 e. The Labute approximate surface area is 116 Å². The number of hydrogen-bond donors (Lipinski definition) is 1. The maximum atomic E-state index is 5.55. The van der Waals surface area contributed by atoms with E-state index in [1.165, 1.54) is 36.0 Å². The maximum absolute atomic E-state index is 5.55. The first kappa shape index (κ1) is 14.1. The van der Waals surface area contributed by atoms with Crippen LogP contribution >= 0.6 is 0 Å². The lowest BCUT2D eigenvalue weighted by atomic mass is 9.95. The topological polar surface area (TPSA) is 21.3 Å². The quantitative estimate of drug-likeness (QED) is 0.775. The van der Waals surface area contributed by atoms with E-state index in [-0.39, 0.29) is 0 Å². The van der Waals surface area contributed by atoms with Gasteiger partial charge in [-0.3, -0.25) is 0 Å². The Hall–Kier alpha value is -1.28. The second-order valence-electron chi connectivity index (χ2n) is 5.30. The van der Waals surface area contributed by atoms with Crippen molar-refractivity contribution < 1.29 is 4.74 Å². The Morgan fingerprint density at radius 2 is 2.21 bits per heavy atom. The number of benzene rings is 1. The summed E-state index contributed by atoms with van der Waals surface area (Å²) in [6.45, 7) is 5.39. The molecule has 0 saturated heterocycles. The molecule has 1 atom stereocenters. The predicted molar refractivity (Wildman–Crippen MR) is 80.7 cm³/mol. The molecule has 0 radical (unpaired) electrons. The van der Waals surface area contributed by atoms with Gasteiger partial charge in [0.1, 0.15) is 5.75 Å². The van der Waals surface area contributed by atoms with Crippen LogP contribution in [-0.2, 0) is 0 Å². The molecule has 0 aromatic heterocycles. The molecule has 0 heterocycles. The first-order chi connectivity index (χ1) is 9.26. The largest absolute Gasteiger partial charge is 0.496 e. The van der Waals surface area contributed by atoms with E-state index in [0.29, 0.717) is 6.04 Å². The summed E-state index contributed by atoms with van der Waals surface area (Å²) in [6.07, 6.45) is 7.26. The number of allylic oxidation sites excluding steroid dienone is 1. The molecule has 2 rings (SSSR count). The van der Waals surface area contributed by atoms with Gasteiger partial charge >= 0.3 is 0 Å². The van der Waals surface area contributed by atoms with Gasteiger partial charge in [-0.25, -0.2) is 0 Å². The summed E-state index contributed by atoms with van der Waals surface area (Å²) < 4.78 is 5.55. The van der Waals surface area contributed by atoms with Gasteiger partial charge in [-0.05, 0) is 45.2 Å². The van der Waals surface area contributed by atoms with Gasteiger partial charge in [0.05, 0.1) is 13.2 Å². The SMILES string of the molecule is CCCNC(C1=CCCC1)c1cc(C)ccc1OC. The summed E-state index contributed by atoms with van der Waals surface area (Å²) in [4.78, 5) is 0. The predicted octanol–water partition coefficient (Wildman–Crippen LogP) is 4.15. The molecule has 2 heteroatoms. The van der Waals surface area contributed by atoms with Gasteiger partial charge in [-0.2, -0.15) is 0 Å². The average Bonchev–Trinajstić information content (AvgIpc) is 2.93. The summed E-state index contributed by atoms with van der Waals surface area (Å²) in [5, 5.41) is 3.68. The Bertz CT molecular complexity index is 451. The second kappa shape index (κ2) is 6.76. The molecule has 1 aromatic carbocycles. The van der Waals surface area contributed by atoms with Gasteiger partial charge < -0.3 is 10.1 Å². The summed E-state index contributed by atoms with van der Waals surface area (Å²) in [6, 6.07) is 6.77. The number of nitrogens with one attached hydrogen (secondary N) is 1. The fourth-order valence-electron chi connectivity index (χ4n) is 2.77. The lowest BCUT2D eigenvalue weighted by Crippen LogP contribution is -2.24. The van der Waals surface area contributed by atoms with Gasteiger partial charge in [-0.15, -0.1) is 0 Å². The molecule has 0 aliphatic heterocycles. The van der Waals surface area contributed by atoms with Crippen molar-refractivity contribution in [2.45, 2.75) is 45.6 Å². The van der Waals surface area contributed by atoms with E-state index >= 15 is 0 Å². The van der Waals surface area contributed by atoms with E-state index in [4.69, 9.17) is 4.74 Å². The Morgan fingerprint density at radius 1 is 1.37 bits per heavy atom. The van der Waals surface area contributed by atoms with Crippen molar-refractivity contribution in [3.05, 3.63) is 41.0 Å². The smallest absolute Gasteiger partial charge is 0.123 e. The summed E-state index contributed by atoms with van der Waals surface area (Å²) in [5.74, 6) is 0.993. The third kappa shape index (κ3) is 3.38.